The number of hydrogen-bond acceptors (Lipinski definition) is 4. The van der Waals surface area contributed by atoms with E-state index >= 15 is 0 Å². The second-order valence-electron chi connectivity index (χ2n) is 7.27. The maximum absolute atomic E-state index is 13.0. The zero-order chi connectivity index (χ0) is 19.7. The minimum atomic E-state index is -0.210. The van der Waals surface area contributed by atoms with E-state index in [1.807, 2.05) is 41.6 Å². The molecule has 0 saturated heterocycles. The molecule has 1 aromatic heterocycles. The predicted octanol–water partition coefficient (Wildman–Crippen LogP) is 3.86. The lowest BCUT2D eigenvalue weighted by Gasteiger charge is -2.30. The molecule has 4 rings (SSSR count). The summed E-state index contributed by atoms with van der Waals surface area (Å²) < 4.78 is 1.97. The zero-order valence-electron chi connectivity index (χ0n) is 16.4. The van der Waals surface area contributed by atoms with Crippen LogP contribution in [0.4, 0.5) is 0 Å². The molecular weight excluding hydrogens is 368 g/mol. The van der Waals surface area contributed by atoms with Gasteiger partial charge in [0.15, 0.2) is 11.0 Å². The molecule has 0 fully saturated rings. The molecule has 0 spiro atoms. The topological polar surface area (TPSA) is 51.0 Å². The highest BCUT2D eigenvalue weighted by atomic mass is 32.2. The summed E-state index contributed by atoms with van der Waals surface area (Å²) in [7, 11) is 1.95. The van der Waals surface area contributed by atoms with Crippen LogP contribution in [0.3, 0.4) is 0 Å². The van der Waals surface area contributed by atoms with Gasteiger partial charge in [0, 0.05) is 25.7 Å². The first-order valence-corrected chi connectivity index (χ1v) is 10.4. The van der Waals surface area contributed by atoms with Crippen LogP contribution in [-0.2, 0) is 24.8 Å². The quantitative estimate of drug-likeness (QED) is 0.633. The molecular formula is C22H24N4OS. The van der Waals surface area contributed by atoms with Gasteiger partial charge in [-0.1, -0.05) is 59.8 Å². The number of carbonyl (C=O) groups is 1. The van der Waals surface area contributed by atoms with E-state index in [1.54, 1.807) is 0 Å². The third kappa shape index (κ3) is 3.69. The summed E-state index contributed by atoms with van der Waals surface area (Å²) in [5.74, 6) is 0.970. The molecule has 144 valence electrons. The molecule has 1 unspecified atom stereocenters. The summed E-state index contributed by atoms with van der Waals surface area (Å²) in [6, 6.07) is 16.6. The summed E-state index contributed by atoms with van der Waals surface area (Å²) in [5, 5.41) is 9.23. The third-order valence-corrected chi connectivity index (χ3v) is 6.30. The van der Waals surface area contributed by atoms with E-state index in [9.17, 15) is 4.79 Å². The summed E-state index contributed by atoms with van der Waals surface area (Å²) in [6.07, 6.45) is 0.917. The smallest absolute Gasteiger partial charge is 0.236 e. The number of hydrogen-bond donors (Lipinski definition) is 0. The monoisotopic (exact) mass is 392 g/mol. The third-order valence-electron chi connectivity index (χ3n) is 5.18. The Morgan fingerprint density at radius 1 is 1.11 bits per heavy atom. The van der Waals surface area contributed by atoms with E-state index in [-0.39, 0.29) is 11.2 Å². The average molecular weight is 393 g/mol. The van der Waals surface area contributed by atoms with Gasteiger partial charge >= 0.3 is 0 Å². The molecule has 2 heterocycles. The van der Waals surface area contributed by atoms with Crippen LogP contribution in [-0.4, -0.2) is 37.4 Å². The molecule has 0 radical (unpaired) electrons. The SMILES string of the molecule is Cc1cccc(-c2nnc(SC(C)C(=O)N3CCc4ccccc4C3)n2C)c1. The van der Waals surface area contributed by atoms with Crippen LogP contribution in [0.1, 0.15) is 23.6 Å². The van der Waals surface area contributed by atoms with Gasteiger partial charge in [-0.05, 0) is 37.5 Å². The molecule has 0 bridgehead atoms. The fourth-order valence-corrected chi connectivity index (χ4v) is 4.50. The molecule has 28 heavy (non-hydrogen) atoms. The van der Waals surface area contributed by atoms with Gasteiger partial charge in [-0.2, -0.15) is 0 Å². The highest BCUT2D eigenvalue weighted by Crippen LogP contribution is 2.28. The number of aromatic nitrogens is 3. The van der Waals surface area contributed by atoms with Crippen LogP contribution in [0.25, 0.3) is 11.4 Å². The Labute approximate surface area is 169 Å². The van der Waals surface area contributed by atoms with Crippen molar-refractivity contribution in [3.05, 3.63) is 65.2 Å². The van der Waals surface area contributed by atoms with Gasteiger partial charge in [0.2, 0.25) is 5.91 Å². The molecule has 5 nitrogen and oxygen atoms in total. The van der Waals surface area contributed by atoms with Crippen molar-refractivity contribution in [1.29, 1.82) is 0 Å². The Bertz CT molecular complexity index is 1010. The van der Waals surface area contributed by atoms with Gasteiger partial charge in [-0.15, -0.1) is 10.2 Å². The Kier molecular flexibility index (Phi) is 5.22. The van der Waals surface area contributed by atoms with Gasteiger partial charge in [0.1, 0.15) is 0 Å². The first-order chi connectivity index (χ1) is 13.5. The summed E-state index contributed by atoms with van der Waals surface area (Å²) in [4.78, 5) is 14.9. The molecule has 6 heteroatoms. The Morgan fingerprint density at radius 3 is 2.68 bits per heavy atom. The normalized spacial score (nSPS) is 14.6. The Balaban J connectivity index is 1.47. The number of nitrogens with zero attached hydrogens (tertiary/aromatic N) is 4. The summed E-state index contributed by atoms with van der Waals surface area (Å²) >= 11 is 1.47. The predicted molar refractivity (Wildman–Crippen MR) is 112 cm³/mol. The Morgan fingerprint density at radius 2 is 1.89 bits per heavy atom. The molecule has 0 aliphatic carbocycles. The second-order valence-corrected chi connectivity index (χ2v) is 8.58. The van der Waals surface area contributed by atoms with Gasteiger partial charge in [-0.3, -0.25) is 4.79 Å². The van der Waals surface area contributed by atoms with E-state index < -0.39 is 0 Å². The maximum atomic E-state index is 13.0. The molecule has 1 aliphatic heterocycles. The zero-order valence-corrected chi connectivity index (χ0v) is 17.2. The number of thioether (sulfide) groups is 1. The number of carbonyl (C=O) groups excluding carboxylic acids is 1. The van der Waals surface area contributed by atoms with Crippen LogP contribution in [0, 0.1) is 6.92 Å². The number of benzene rings is 2. The second kappa shape index (κ2) is 7.80. The van der Waals surface area contributed by atoms with E-state index in [0.717, 1.165) is 29.5 Å². The van der Waals surface area contributed by atoms with Crippen LogP contribution < -0.4 is 0 Å². The molecule has 1 amide bonds. The summed E-state index contributed by atoms with van der Waals surface area (Å²) in [5.41, 5.74) is 4.82. The number of amides is 1. The van der Waals surface area contributed by atoms with E-state index in [4.69, 9.17) is 0 Å². The number of rotatable bonds is 4. The largest absolute Gasteiger partial charge is 0.337 e. The minimum Gasteiger partial charge on any atom is -0.337 e. The van der Waals surface area contributed by atoms with Crippen molar-refractivity contribution in [2.75, 3.05) is 6.54 Å². The van der Waals surface area contributed by atoms with Crippen molar-refractivity contribution in [3.63, 3.8) is 0 Å². The van der Waals surface area contributed by atoms with E-state index in [0.29, 0.717) is 6.54 Å². The van der Waals surface area contributed by atoms with Crippen molar-refractivity contribution in [1.82, 2.24) is 19.7 Å². The highest BCUT2D eigenvalue weighted by Gasteiger charge is 2.26. The first kappa shape index (κ1) is 18.7. The fraction of sp³-hybridized carbons (Fsp3) is 0.318. The standard InChI is InChI=1S/C22H24N4OS/c1-15-7-6-10-18(13-15)20-23-24-22(25(20)3)28-16(2)21(27)26-12-11-17-8-4-5-9-19(17)14-26/h4-10,13,16H,11-12,14H2,1-3H3. The van der Waals surface area contributed by atoms with Gasteiger partial charge in [0.05, 0.1) is 5.25 Å². The van der Waals surface area contributed by atoms with Gasteiger partial charge in [-0.25, -0.2) is 0 Å². The van der Waals surface area contributed by atoms with Crippen LogP contribution in [0.15, 0.2) is 53.7 Å². The molecule has 0 saturated carbocycles. The molecule has 3 aromatic rings. The van der Waals surface area contributed by atoms with Crippen molar-refractivity contribution in [2.45, 2.75) is 37.2 Å². The first-order valence-electron chi connectivity index (χ1n) is 9.51. The lowest BCUT2D eigenvalue weighted by Crippen LogP contribution is -2.40. The lowest BCUT2D eigenvalue weighted by atomic mass is 10.00. The van der Waals surface area contributed by atoms with E-state index in [1.165, 1.54) is 28.5 Å². The van der Waals surface area contributed by atoms with Gasteiger partial charge < -0.3 is 9.47 Å². The number of fused-ring (bicyclic) bond motifs is 1. The van der Waals surface area contributed by atoms with Crippen molar-refractivity contribution >= 4 is 17.7 Å². The molecule has 0 N–H and O–H groups in total. The average Bonchev–Trinajstić information content (AvgIpc) is 3.07. The highest BCUT2D eigenvalue weighted by molar-refractivity contribution is 8.00. The van der Waals surface area contributed by atoms with E-state index in [2.05, 4.69) is 47.5 Å². The van der Waals surface area contributed by atoms with Crippen LogP contribution in [0.2, 0.25) is 0 Å². The fourth-order valence-electron chi connectivity index (χ4n) is 3.60. The molecule has 1 atom stereocenters. The van der Waals surface area contributed by atoms with Crippen molar-refractivity contribution in [3.8, 4) is 11.4 Å². The van der Waals surface area contributed by atoms with Crippen molar-refractivity contribution in [2.24, 2.45) is 7.05 Å². The van der Waals surface area contributed by atoms with Crippen LogP contribution in [0.5, 0.6) is 0 Å². The number of aryl methyl sites for hydroxylation is 1. The minimum absolute atomic E-state index is 0.152. The lowest BCUT2D eigenvalue weighted by molar-refractivity contribution is -0.131. The van der Waals surface area contributed by atoms with Crippen molar-refractivity contribution < 1.29 is 4.79 Å². The Hall–Kier alpha value is -2.60. The molecule has 1 aliphatic rings. The van der Waals surface area contributed by atoms with Crippen LogP contribution >= 0.6 is 11.8 Å². The van der Waals surface area contributed by atoms with Gasteiger partial charge in [0.25, 0.3) is 0 Å². The summed E-state index contributed by atoms with van der Waals surface area (Å²) in [6.45, 7) is 5.48. The molecule has 2 aromatic carbocycles. The maximum Gasteiger partial charge on any atom is 0.236 e.